The number of carbonyl (C=O) groups is 2. The third-order valence-electron chi connectivity index (χ3n) is 5.09. The molecule has 0 aromatic heterocycles. The Hall–Kier alpha value is -1.92. The highest BCUT2D eigenvalue weighted by molar-refractivity contribution is 5.81. The van der Waals surface area contributed by atoms with Gasteiger partial charge in [-0.3, -0.25) is 9.69 Å². The van der Waals surface area contributed by atoms with Crippen molar-refractivity contribution in [2.75, 3.05) is 26.4 Å². The second-order valence-electron chi connectivity index (χ2n) is 6.87. The van der Waals surface area contributed by atoms with Gasteiger partial charge in [-0.15, -0.1) is 0 Å². The Morgan fingerprint density at radius 1 is 1.15 bits per heavy atom. The highest BCUT2D eigenvalue weighted by Gasteiger charge is 2.44. The van der Waals surface area contributed by atoms with Crippen molar-refractivity contribution in [2.24, 2.45) is 5.92 Å². The van der Waals surface area contributed by atoms with E-state index in [-0.39, 0.29) is 36.5 Å². The second-order valence-corrected chi connectivity index (χ2v) is 6.87. The third-order valence-corrected chi connectivity index (χ3v) is 5.09. The maximum atomic E-state index is 12.6. The van der Waals surface area contributed by atoms with Gasteiger partial charge in [-0.1, -0.05) is 30.3 Å². The summed E-state index contributed by atoms with van der Waals surface area (Å²) < 4.78 is 16.4. The van der Waals surface area contributed by atoms with E-state index in [1.807, 2.05) is 37.3 Å². The quantitative estimate of drug-likeness (QED) is 0.699. The predicted molar refractivity (Wildman–Crippen MR) is 95.7 cm³/mol. The second kappa shape index (κ2) is 9.14. The van der Waals surface area contributed by atoms with Crippen molar-refractivity contribution in [3.05, 3.63) is 35.9 Å². The van der Waals surface area contributed by atoms with Crippen molar-refractivity contribution < 1.29 is 23.8 Å². The van der Waals surface area contributed by atoms with Crippen LogP contribution in [0.1, 0.15) is 31.7 Å². The molecule has 0 N–H and O–H groups in total. The molecule has 6 heteroatoms. The molecule has 2 atom stereocenters. The van der Waals surface area contributed by atoms with Gasteiger partial charge in [0.2, 0.25) is 0 Å². The summed E-state index contributed by atoms with van der Waals surface area (Å²) in [6, 6.07) is 9.45. The van der Waals surface area contributed by atoms with Crippen LogP contribution in [-0.2, 0) is 25.6 Å². The number of benzene rings is 1. The summed E-state index contributed by atoms with van der Waals surface area (Å²) in [6.07, 6.45) is 1.41. The molecule has 2 heterocycles. The van der Waals surface area contributed by atoms with E-state index in [4.69, 9.17) is 14.2 Å². The van der Waals surface area contributed by atoms with E-state index in [0.717, 1.165) is 5.56 Å². The lowest BCUT2D eigenvalue weighted by atomic mass is 9.82. The first-order valence-electron chi connectivity index (χ1n) is 9.36. The van der Waals surface area contributed by atoms with Gasteiger partial charge in [0.1, 0.15) is 12.4 Å². The molecule has 1 aromatic carbocycles. The molecule has 26 heavy (non-hydrogen) atoms. The van der Waals surface area contributed by atoms with Crippen molar-refractivity contribution in [3.8, 4) is 0 Å². The molecule has 0 radical (unpaired) electrons. The highest BCUT2D eigenvalue weighted by Crippen LogP contribution is 2.33. The molecule has 2 bridgehead atoms. The van der Waals surface area contributed by atoms with E-state index < -0.39 is 0 Å². The van der Waals surface area contributed by atoms with Crippen molar-refractivity contribution in [3.63, 3.8) is 0 Å². The molecular formula is C20H27NO5. The Morgan fingerprint density at radius 3 is 2.50 bits per heavy atom. The minimum atomic E-state index is -0.313. The summed E-state index contributed by atoms with van der Waals surface area (Å²) in [7, 11) is 0. The number of fused-ring (bicyclic) bond motifs is 2. The smallest absolute Gasteiger partial charge is 0.410 e. The standard InChI is InChI=1S/C20H27NO5/c1-2-24-9-8-19(22)16-10-17-13-25-14-18(11-16)21(17)20(23)26-12-15-6-4-3-5-7-15/h3-7,16-18H,2,8-14H2,1H3. The molecule has 2 saturated heterocycles. The van der Waals surface area contributed by atoms with Crippen LogP contribution in [0.25, 0.3) is 0 Å². The molecule has 2 aliphatic rings. The fraction of sp³-hybridized carbons (Fsp3) is 0.600. The highest BCUT2D eigenvalue weighted by atomic mass is 16.6. The molecule has 0 saturated carbocycles. The Bertz CT molecular complexity index is 591. The van der Waals surface area contributed by atoms with Gasteiger partial charge in [-0.05, 0) is 25.3 Å². The third kappa shape index (κ3) is 4.62. The number of morpholine rings is 1. The summed E-state index contributed by atoms with van der Waals surface area (Å²) in [5.74, 6) is 0.209. The fourth-order valence-electron chi connectivity index (χ4n) is 3.79. The predicted octanol–water partition coefficient (Wildman–Crippen LogP) is 2.80. The topological polar surface area (TPSA) is 65.1 Å². The summed E-state index contributed by atoms with van der Waals surface area (Å²) >= 11 is 0. The summed E-state index contributed by atoms with van der Waals surface area (Å²) in [5, 5.41) is 0. The molecule has 2 unspecified atom stereocenters. The molecule has 2 aliphatic heterocycles. The minimum Gasteiger partial charge on any atom is -0.445 e. The minimum absolute atomic E-state index is 0.0208. The average molecular weight is 361 g/mol. The first-order chi connectivity index (χ1) is 12.7. The van der Waals surface area contributed by atoms with Crippen molar-refractivity contribution in [2.45, 2.75) is 44.9 Å². The number of carbonyl (C=O) groups excluding carboxylic acids is 2. The lowest BCUT2D eigenvalue weighted by molar-refractivity contribution is -0.132. The Labute approximate surface area is 154 Å². The van der Waals surface area contributed by atoms with Crippen LogP contribution in [-0.4, -0.2) is 55.3 Å². The van der Waals surface area contributed by atoms with Crippen molar-refractivity contribution >= 4 is 11.9 Å². The van der Waals surface area contributed by atoms with Gasteiger partial charge in [0, 0.05) is 18.9 Å². The van der Waals surface area contributed by atoms with E-state index in [0.29, 0.717) is 45.7 Å². The lowest BCUT2D eigenvalue weighted by Gasteiger charge is -2.47. The monoisotopic (exact) mass is 361 g/mol. The number of nitrogens with zero attached hydrogens (tertiary/aromatic N) is 1. The SMILES string of the molecule is CCOCCC(=O)C1CC2COCC(C1)N2C(=O)OCc1ccccc1. The molecule has 2 fully saturated rings. The zero-order chi connectivity index (χ0) is 18.4. The van der Waals surface area contributed by atoms with Crippen LogP contribution < -0.4 is 0 Å². The average Bonchev–Trinajstić information content (AvgIpc) is 2.66. The van der Waals surface area contributed by atoms with Crippen LogP contribution in [0.2, 0.25) is 0 Å². The summed E-state index contributed by atoms with van der Waals surface area (Å²) in [6.45, 7) is 4.20. The number of piperidine rings is 1. The molecule has 1 aromatic rings. The summed E-state index contributed by atoms with van der Waals surface area (Å²) in [4.78, 5) is 26.8. The number of Topliss-reactive ketones (excluding diaryl/α,β-unsaturated/α-hetero) is 1. The lowest BCUT2D eigenvalue weighted by Crippen LogP contribution is -2.60. The van der Waals surface area contributed by atoms with Crippen LogP contribution in [0.3, 0.4) is 0 Å². The number of hydrogen-bond donors (Lipinski definition) is 0. The Morgan fingerprint density at radius 2 is 1.85 bits per heavy atom. The molecular weight excluding hydrogens is 334 g/mol. The van der Waals surface area contributed by atoms with Gasteiger partial charge in [0.15, 0.2) is 0 Å². The first kappa shape index (κ1) is 18.9. The molecule has 3 rings (SSSR count). The van der Waals surface area contributed by atoms with Crippen LogP contribution >= 0.6 is 0 Å². The van der Waals surface area contributed by atoms with E-state index in [9.17, 15) is 9.59 Å². The van der Waals surface area contributed by atoms with Gasteiger partial charge in [0.05, 0.1) is 31.9 Å². The van der Waals surface area contributed by atoms with Crippen molar-refractivity contribution in [1.82, 2.24) is 4.90 Å². The maximum absolute atomic E-state index is 12.6. The number of hydrogen-bond acceptors (Lipinski definition) is 5. The maximum Gasteiger partial charge on any atom is 0.410 e. The largest absolute Gasteiger partial charge is 0.445 e. The van der Waals surface area contributed by atoms with E-state index in [1.54, 1.807) is 4.90 Å². The van der Waals surface area contributed by atoms with Gasteiger partial charge in [-0.25, -0.2) is 4.79 Å². The number of rotatable bonds is 7. The number of ketones is 1. The molecule has 0 spiro atoms. The van der Waals surface area contributed by atoms with Gasteiger partial charge < -0.3 is 14.2 Å². The normalized spacial score (nSPS) is 25.0. The van der Waals surface area contributed by atoms with Crippen LogP contribution in [0.4, 0.5) is 4.79 Å². The van der Waals surface area contributed by atoms with Gasteiger partial charge in [0.25, 0.3) is 0 Å². The molecule has 0 aliphatic carbocycles. The van der Waals surface area contributed by atoms with Gasteiger partial charge >= 0.3 is 6.09 Å². The van der Waals surface area contributed by atoms with Gasteiger partial charge in [-0.2, -0.15) is 0 Å². The molecule has 1 amide bonds. The summed E-state index contributed by atoms with van der Waals surface area (Å²) in [5.41, 5.74) is 0.961. The van der Waals surface area contributed by atoms with Crippen molar-refractivity contribution in [1.29, 1.82) is 0 Å². The first-order valence-corrected chi connectivity index (χ1v) is 9.36. The number of amides is 1. The Balaban J connectivity index is 1.56. The Kier molecular flexibility index (Phi) is 6.63. The van der Waals surface area contributed by atoms with E-state index in [2.05, 4.69) is 0 Å². The number of ether oxygens (including phenoxy) is 3. The van der Waals surface area contributed by atoms with Crippen LogP contribution in [0, 0.1) is 5.92 Å². The van der Waals surface area contributed by atoms with Crippen LogP contribution in [0.15, 0.2) is 30.3 Å². The molecule has 142 valence electrons. The molecule has 6 nitrogen and oxygen atoms in total. The fourth-order valence-corrected chi connectivity index (χ4v) is 3.79. The van der Waals surface area contributed by atoms with E-state index in [1.165, 1.54) is 0 Å². The zero-order valence-corrected chi connectivity index (χ0v) is 15.3. The zero-order valence-electron chi connectivity index (χ0n) is 15.3. The van der Waals surface area contributed by atoms with Crippen LogP contribution in [0.5, 0.6) is 0 Å². The van der Waals surface area contributed by atoms with E-state index >= 15 is 0 Å².